The van der Waals surface area contributed by atoms with Crippen molar-refractivity contribution in [1.82, 2.24) is 20.1 Å². The number of urea groups is 1. The molecule has 0 radical (unpaired) electrons. The minimum Gasteiger partial charge on any atom is -0.394 e. The van der Waals surface area contributed by atoms with Gasteiger partial charge in [-0.1, -0.05) is 30.3 Å². The number of pyridine rings is 1. The van der Waals surface area contributed by atoms with Crippen LogP contribution in [0.25, 0.3) is 21.2 Å². The predicted octanol–water partition coefficient (Wildman–Crippen LogP) is 4.31. The summed E-state index contributed by atoms with van der Waals surface area (Å²) in [5, 5.41) is 24.3. The second-order valence-corrected chi connectivity index (χ2v) is 9.33. The van der Waals surface area contributed by atoms with Crippen molar-refractivity contribution in [3.05, 3.63) is 89.7 Å². The number of aromatic nitrogens is 3. The summed E-state index contributed by atoms with van der Waals surface area (Å²) in [7, 11) is 0. The molecule has 5 rings (SSSR count). The molecule has 5 aromatic rings. The lowest BCUT2D eigenvalue weighted by Gasteiger charge is -2.10. The van der Waals surface area contributed by atoms with Crippen LogP contribution in [0, 0.1) is 0 Å². The minimum atomic E-state index is -0.323. The van der Waals surface area contributed by atoms with Crippen LogP contribution in [0.5, 0.6) is 0 Å². The van der Waals surface area contributed by atoms with Crippen molar-refractivity contribution in [2.75, 3.05) is 23.0 Å². The van der Waals surface area contributed by atoms with Gasteiger partial charge in [-0.05, 0) is 29.8 Å². The molecule has 11 heteroatoms. The molecule has 0 spiro atoms. The number of aliphatic hydroxyl groups is 1. The molecule has 0 atom stereocenters. The summed E-state index contributed by atoms with van der Waals surface area (Å²) in [5.41, 5.74) is 10.4. The van der Waals surface area contributed by atoms with E-state index in [-0.39, 0.29) is 30.9 Å². The molecule has 10 nitrogen and oxygen atoms in total. The second-order valence-electron chi connectivity index (χ2n) is 8.45. The molecule has 0 bridgehead atoms. The largest absolute Gasteiger partial charge is 0.394 e. The van der Waals surface area contributed by atoms with Crippen molar-refractivity contribution in [2.45, 2.75) is 13.1 Å². The average molecular weight is 528 g/mol. The number of nitrogens with two attached hydrogens (primary N) is 1. The van der Waals surface area contributed by atoms with Gasteiger partial charge in [-0.15, -0.1) is 11.3 Å². The molecule has 192 valence electrons. The lowest BCUT2D eigenvalue weighted by Crippen LogP contribution is -2.28. The van der Waals surface area contributed by atoms with Crippen LogP contribution >= 0.6 is 11.3 Å². The summed E-state index contributed by atoms with van der Waals surface area (Å²) < 4.78 is 2.47. The molecule has 3 heterocycles. The van der Waals surface area contributed by atoms with E-state index in [4.69, 9.17) is 10.8 Å². The molecule has 38 heavy (non-hydrogen) atoms. The first-order valence-corrected chi connectivity index (χ1v) is 12.7. The van der Waals surface area contributed by atoms with E-state index >= 15 is 0 Å². The Morgan fingerprint density at radius 3 is 2.66 bits per heavy atom. The monoisotopic (exact) mass is 527 g/mol. The molecular weight excluding hydrogens is 502 g/mol. The Kier molecular flexibility index (Phi) is 7.29. The maximum atomic E-state index is 13.2. The van der Waals surface area contributed by atoms with Crippen LogP contribution in [-0.4, -0.2) is 38.4 Å². The summed E-state index contributed by atoms with van der Waals surface area (Å²) in [6, 6.07) is 16.1. The molecular formula is C27H25N7O3S. The molecule has 0 aliphatic heterocycles. The van der Waals surface area contributed by atoms with Crippen molar-refractivity contribution in [2.24, 2.45) is 0 Å². The normalized spacial score (nSPS) is 10.9. The molecule has 6 N–H and O–H groups in total. The van der Waals surface area contributed by atoms with Gasteiger partial charge in [0.15, 0.2) is 0 Å². The minimum absolute atomic E-state index is 0.0159. The average Bonchev–Trinajstić information content (AvgIpc) is 3.57. The van der Waals surface area contributed by atoms with Crippen LogP contribution in [0.2, 0.25) is 0 Å². The number of carbonyl (C=O) groups is 2. The third-order valence-corrected chi connectivity index (χ3v) is 6.83. The van der Waals surface area contributed by atoms with Gasteiger partial charge in [-0.3, -0.25) is 9.48 Å². The van der Waals surface area contributed by atoms with Crippen LogP contribution in [0.1, 0.15) is 15.9 Å². The zero-order chi connectivity index (χ0) is 26.5. The number of nitrogens with one attached hydrogen (secondary N) is 3. The van der Waals surface area contributed by atoms with E-state index in [1.807, 2.05) is 36.5 Å². The Labute approximate surface area is 222 Å². The highest BCUT2D eigenvalue weighted by Gasteiger charge is 2.19. The van der Waals surface area contributed by atoms with Crippen LogP contribution < -0.4 is 21.7 Å². The quantitative estimate of drug-likeness (QED) is 0.203. The molecule has 2 aromatic carbocycles. The van der Waals surface area contributed by atoms with Crippen LogP contribution in [0.3, 0.4) is 0 Å². The smallest absolute Gasteiger partial charge is 0.319 e. The van der Waals surface area contributed by atoms with E-state index in [9.17, 15) is 9.59 Å². The molecule has 0 saturated carbocycles. The van der Waals surface area contributed by atoms with Gasteiger partial charge in [0.1, 0.15) is 5.82 Å². The number of nitrogen functional groups attached to an aromatic ring is 1. The summed E-state index contributed by atoms with van der Waals surface area (Å²) in [4.78, 5) is 29.8. The highest BCUT2D eigenvalue weighted by atomic mass is 32.1. The van der Waals surface area contributed by atoms with Crippen LogP contribution in [0.4, 0.5) is 22.0 Å². The van der Waals surface area contributed by atoms with Crippen LogP contribution in [0.15, 0.2) is 78.6 Å². The number of para-hydroxylation sites is 1. The number of fused-ring (bicyclic) bond motifs is 1. The molecule has 0 unspecified atom stereocenters. The first-order chi connectivity index (χ1) is 18.5. The number of carbonyl (C=O) groups excluding carboxylic acids is 2. The number of thiophene rings is 1. The van der Waals surface area contributed by atoms with Crippen molar-refractivity contribution < 1.29 is 14.7 Å². The zero-order valence-electron chi connectivity index (χ0n) is 20.2. The third-order valence-electron chi connectivity index (χ3n) is 5.81. The van der Waals surface area contributed by atoms with Gasteiger partial charge in [-0.25, -0.2) is 9.78 Å². The highest BCUT2D eigenvalue weighted by molar-refractivity contribution is 7.18. The number of nitrogens with zero attached hydrogens (tertiary/aromatic N) is 3. The van der Waals surface area contributed by atoms with Gasteiger partial charge in [0.25, 0.3) is 5.91 Å². The van der Waals surface area contributed by atoms with Crippen molar-refractivity contribution in [1.29, 1.82) is 0 Å². The Hall–Kier alpha value is -4.74. The first-order valence-electron chi connectivity index (χ1n) is 11.8. The Balaban J connectivity index is 1.30. The molecule has 0 aliphatic rings. The van der Waals surface area contributed by atoms with E-state index in [0.29, 0.717) is 28.9 Å². The van der Waals surface area contributed by atoms with Gasteiger partial charge in [0, 0.05) is 56.9 Å². The fraction of sp³-hybridized carbons (Fsp3) is 0.111. The van der Waals surface area contributed by atoms with Crippen LogP contribution in [-0.2, 0) is 13.1 Å². The SMILES string of the molecule is Nc1ncc(-c2cnn(CCO)c2)c2scc(C(=O)Nc3cccc(CNC(=O)Nc4ccccc4)c3)c12. The topological polar surface area (TPSA) is 147 Å². The second kappa shape index (κ2) is 11.1. The van der Waals surface area contributed by atoms with Gasteiger partial charge in [-0.2, -0.15) is 5.10 Å². The fourth-order valence-electron chi connectivity index (χ4n) is 4.00. The van der Waals surface area contributed by atoms with E-state index < -0.39 is 0 Å². The molecule has 0 saturated heterocycles. The number of rotatable bonds is 8. The maximum Gasteiger partial charge on any atom is 0.319 e. The number of anilines is 3. The summed E-state index contributed by atoms with van der Waals surface area (Å²) in [6.45, 7) is 0.655. The first kappa shape index (κ1) is 24.9. The number of hydrogen-bond donors (Lipinski definition) is 5. The van der Waals surface area contributed by atoms with Gasteiger partial charge in [0.05, 0.1) is 24.9 Å². The third kappa shape index (κ3) is 5.48. The van der Waals surface area contributed by atoms with Crippen molar-refractivity contribution in [3.8, 4) is 11.1 Å². The Bertz CT molecular complexity index is 1600. The number of amides is 3. The lowest BCUT2D eigenvalue weighted by atomic mass is 10.1. The number of aliphatic hydroxyl groups excluding tert-OH is 1. The maximum absolute atomic E-state index is 13.2. The van der Waals surface area contributed by atoms with Gasteiger partial charge >= 0.3 is 6.03 Å². The molecule has 0 aliphatic carbocycles. The Morgan fingerprint density at radius 2 is 1.84 bits per heavy atom. The van der Waals surface area contributed by atoms with E-state index in [1.54, 1.807) is 46.7 Å². The number of hydrogen-bond acceptors (Lipinski definition) is 7. The number of benzene rings is 2. The molecule has 3 amide bonds. The highest BCUT2D eigenvalue weighted by Crippen LogP contribution is 2.37. The fourth-order valence-corrected chi connectivity index (χ4v) is 5.09. The van der Waals surface area contributed by atoms with E-state index in [2.05, 4.69) is 26.0 Å². The van der Waals surface area contributed by atoms with Gasteiger partial charge < -0.3 is 26.8 Å². The summed E-state index contributed by atoms with van der Waals surface area (Å²) >= 11 is 1.40. The van der Waals surface area contributed by atoms with E-state index in [0.717, 1.165) is 21.4 Å². The standard InChI is InChI=1S/C27H25N7O3S/c28-25-23-22(16-38-24(23)21(14-29-25)18-13-31-34(15-18)9-10-35)26(36)32-20-8-4-5-17(11-20)12-30-27(37)33-19-6-2-1-3-7-19/h1-8,11,13-16,35H,9-10,12H2,(H2,28,29)(H,32,36)(H2,30,33,37). The van der Waals surface area contributed by atoms with E-state index in [1.165, 1.54) is 11.3 Å². The van der Waals surface area contributed by atoms with Gasteiger partial charge in [0.2, 0.25) is 0 Å². The molecule has 3 aromatic heterocycles. The Morgan fingerprint density at radius 1 is 1.03 bits per heavy atom. The molecule has 0 fully saturated rings. The zero-order valence-corrected chi connectivity index (χ0v) is 21.0. The summed E-state index contributed by atoms with van der Waals surface area (Å²) in [5.74, 6) is -0.0508. The van der Waals surface area contributed by atoms with Crippen molar-refractivity contribution in [3.63, 3.8) is 0 Å². The predicted molar refractivity (Wildman–Crippen MR) is 149 cm³/mol. The summed E-state index contributed by atoms with van der Waals surface area (Å²) in [6.07, 6.45) is 5.18. The van der Waals surface area contributed by atoms with Crippen molar-refractivity contribution >= 4 is 50.6 Å². The lowest BCUT2D eigenvalue weighted by molar-refractivity contribution is 0.102.